The maximum atomic E-state index is 12.9. The summed E-state index contributed by atoms with van der Waals surface area (Å²) in [5.41, 5.74) is 3.32. The molecule has 0 fully saturated rings. The maximum absolute atomic E-state index is 12.9. The minimum absolute atomic E-state index is 0.0831. The van der Waals surface area contributed by atoms with Crippen LogP contribution < -0.4 is 10.6 Å². The molecule has 8 heteroatoms. The van der Waals surface area contributed by atoms with Crippen LogP contribution >= 0.6 is 15.9 Å². The van der Waals surface area contributed by atoms with Gasteiger partial charge in [0.2, 0.25) is 5.91 Å². The van der Waals surface area contributed by atoms with E-state index < -0.39 is 0 Å². The van der Waals surface area contributed by atoms with Crippen molar-refractivity contribution < 1.29 is 9.59 Å². The molecule has 0 saturated carbocycles. The molecule has 174 valence electrons. The average molecular weight is 512 g/mol. The summed E-state index contributed by atoms with van der Waals surface area (Å²) in [6, 6.07) is 16.8. The van der Waals surface area contributed by atoms with Gasteiger partial charge in [-0.3, -0.25) is 4.79 Å². The number of benzene rings is 2. The van der Waals surface area contributed by atoms with E-state index in [-0.39, 0.29) is 23.9 Å². The van der Waals surface area contributed by atoms with E-state index in [0.29, 0.717) is 18.1 Å². The average Bonchev–Trinajstić information content (AvgIpc) is 3.16. The third kappa shape index (κ3) is 6.44. The number of urea groups is 1. The Morgan fingerprint density at radius 3 is 2.36 bits per heavy atom. The van der Waals surface area contributed by atoms with Crippen LogP contribution in [0.5, 0.6) is 0 Å². The molecule has 0 saturated heterocycles. The van der Waals surface area contributed by atoms with E-state index in [1.54, 1.807) is 16.8 Å². The highest BCUT2D eigenvalue weighted by atomic mass is 79.9. The molecule has 3 aromatic rings. The van der Waals surface area contributed by atoms with Crippen molar-refractivity contribution in [1.29, 1.82) is 0 Å². The van der Waals surface area contributed by atoms with E-state index in [1.807, 2.05) is 56.3 Å². The van der Waals surface area contributed by atoms with Crippen LogP contribution in [0, 0.1) is 6.92 Å². The molecule has 2 N–H and O–H groups in total. The van der Waals surface area contributed by atoms with Gasteiger partial charge in [0.05, 0.1) is 11.4 Å². The van der Waals surface area contributed by atoms with E-state index in [2.05, 4.69) is 47.3 Å². The monoisotopic (exact) mass is 511 g/mol. The molecule has 0 aliphatic carbocycles. The molecule has 0 aliphatic heterocycles. The first kappa shape index (κ1) is 24.5. The zero-order valence-electron chi connectivity index (χ0n) is 19.6. The first-order valence-electron chi connectivity index (χ1n) is 10.9. The SMILES string of the molecule is CCN(CC(=O)Nc1cc(C(C)(C)C)nn1-c1ccc(C)cc1)C(=O)Nc1cccc(Br)c1. The summed E-state index contributed by atoms with van der Waals surface area (Å²) >= 11 is 3.39. The number of amides is 3. The molecule has 1 aromatic heterocycles. The van der Waals surface area contributed by atoms with Crippen molar-refractivity contribution in [1.82, 2.24) is 14.7 Å². The molecule has 0 aliphatic rings. The fourth-order valence-corrected chi connectivity index (χ4v) is 3.57. The van der Waals surface area contributed by atoms with Crippen LogP contribution in [0.4, 0.5) is 16.3 Å². The predicted molar refractivity (Wildman–Crippen MR) is 136 cm³/mol. The van der Waals surface area contributed by atoms with Crippen LogP contribution in [0.15, 0.2) is 59.1 Å². The number of nitrogens with zero attached hydrogens (tertiary/aromatic N) is 3. The number of likely N-dealkylation sites (N-methyl/N-ethyl adjacent to an activating group) is 1. The van der Waals surface area contributed by atoms with E-state index in [0.717, 1.165) is 21.4 Å². The minimum Gasteiger partial charge on any atom is -0.315 e. The van der Waals surface area contributed by atoms with E-state index in [4.69, 9.17) is 5.10 Å². The summed E-state index contributed by atoms with van der Waals surface area (Å²) in [5, 5.41) is 10.5. The van der Waals surface area contributed by atoms with Crippen molar-refractivity contribution in [2.45, 2.75) is 40.0 Å². The third-order valence-corrected chi connectivity index (χ3v) is 5.60. The number of aryl methyl sites for hydroxylation is 1. The van der Waals surface area contributed by atoms with Crippen LogP contribution in [0.1, 0.15) is 39.0 Å². The molecule has 1 heterocycles. The van der Waals surface area contributed by atoms with Crippen molar-refractivity contribution in [2.75, 3.05) is 23.7 Å². The number of halogens is 1. The second kappa shape index (κ2) is 10.2. The number of aromatic nitrogens is 2. The van der Waals surface area contributed by atoms with E-state index >= 15 is 0 Å². The zero-order chi connectivity index (χ0) is 24.2. The Bertz CT molecular complexity index is 1130. The van der Waals surface area contributed by atoms with Crippen LogP contribution in [0.2, 0.25) is 0 Å². The zero-order valence-corrected chi connectivity index (χ0v) is 21.2. The van der Waals surface area contributed by atoms with Gasteiger partial charge in [0.1, 0.15) is 12.4 Å². The molecular weight excluding hydrogens is 482 g/mol. The van der Waals surface area contributed by atoms with Crippen LogP contribution in [0.25, 0.3) is 5.69 Å². The topological polar surface area (TPSA) is 79.3 Å². The molecule has 0 unspecified atom stereocenters. The second-order valence-corrected chi connectivity index (χ2v) is 9.83. The molecule has 7 nitrogen and oxygen atoms in total. The number of rotatable bonds is 6. The lowest BCUT2D eigenvalue weighted by atomic mass is 9.92. The first-order chi connectivity index (χ1) is 15.6. The van der Waals surface area contributed by atoms with Crippen molar-refractivity contribution in [3.63, 3.8) is 0 Å². The fraction of sp³-hybridized carbons (Fsp3) is 0.320. The quantitative estimate of drug-likeness (QED) is 0.443. The standard InChI is InChI=1S/C25H30BrN5O2/c1-6-30(24(33)27-19-9-7-8-18(26)14-19)16-23(32)28-22-15-21(25(3,4)5)29-31(22)20-12-10-17(2)11-13-20/h7-15H,6,16H2,1-5H3,(H,27,33)(H,28,32). The van der Waals surface area contributed by atoms with Gasteiger partial charge in [-0.15, -0.1) is 0 Å². The first-order valence-corrected chi connectivity index (χ1v) is 11.6. The van der Waals surface area contributed by atoms with E-state index in [9.17, 15) is 9.59 Å². The molecule has 3 amide bonds. The number of hydrogen-bond donors (Lipinski definition) is 2. The molecule has 0 radical (unpaired) electrons. The Morgan fingerprint density at radius 1 is 1.06 bits per heavy atom. The van der Waals surface area contributed by atoms with Gasteiger partial charge in [0.25, 0.3) is 0 Å². The van der Waals surface area contributed by atoms with Crippen LogP contribution in [-0.2, 0) is 10.2 Å². The number of carbonyl (C=O) groups excluding carboxylic acids is 2. The van der Waals surface area contributed by atoms with Gasteiger partial charge in [0.15, 0.2) is 0 Å². The van der Waals surface area contributed by atoms with Crippen molar-refractivity contribution in [3.8, 4) is 5.69 Å². The van der Waals surface area contributed by atoms with Crippen molar-refractivity contribution >= 4 is 39.4 Å². The predicted octanol–water partition coefficient (Wildman–Crippen LogP) is 5.73. The highest BCUT2D eigenvalue weighted by molar-refractivity contribution is 9.10. The summed E-state index contributed by atoms with van der Waals surface area (Å²) in [7, 11) is 0. The molecule has 33 heavy (non-hydrogen) atoms. The summed E-state index contributed by atoms with van der Waals surface area (Å²) in [6.07, 6.45) is 0. The third-order valence-electron chi connectivity index (χ3n) is 5.10. The van der Waals surface area contributed by atoms with Gasteiger partial charge in [0, 0.05) is 28.2 Å². The number of nitrogens with one attached hydrogen (secondary N) is 2. The van der Waals surface area contributed by atoms with Crippen LogP contribution in [0.3, 0.4) is 0 Å². The smallest absolute Gasteiger partial charge is 0.315 e. The van der Waals surface area contributed by atoms with Crippen LogP contribution in [-0.4, -0.2) is 39.7 Å². The Morgan fingerprint density at radius 2 is 1.76 bits per heavy atom. The molecule has 3 rings (SSSR count). The maximum Gasteiger partial charge on any atom is 0.322 e. The molecular formula is C25H30BrN5O2. The molecule has 2 aromatic carbocycles. The van der Waals surface area contributed by atoms with Gasteiger partial charge < -0.3 is 15.5 Å². The molecule has 0 spiro atoms. The van der Waals surface area contributed by atoms with Gasteiger partial charge in [-0.05, 0) is 44.2 Å². The lowest BCUT2D eigenvalue weighted by molar-refractivity contribution is -0.116. The van der Waals surface area contributed by atoms with Gasteiger partial charge in [-0.1, -0.05) is 60.5 Å². The number of anilines is 2. The highest BCUT2D eigenvalue weighted by Crippen LogP contribution is 2.26. The number of carbonyl (C=O) groups is 2. The van der Waals surface area contributed by atoms with Gasteiger partial charge in [-0.25, -0.2) is 9.48 Å². The largest absolute Gasteiger partial charge is 0.322 e. The molecule has 0 bridgehead atoms. The second-order valence-electron chi connectivity index (χ2n) is 8.92. The Balaban J connectivity index is 1.77. The van der Waals surface area contributed by atoms with E-state index in [1.165, 1.54) is 4.90 Å². The molecule has 0 atom stereocenters. The lowest BCUT2D eigenvalue weighted by Crippen LogP contribution is -2.40. The Hall–Kier alpha value is -3.13. The van der Waals surface area contributed by atoms with Crippen molar-refractivity contribution in [3.05, 3.63) is 70.3 Å². The lowest BCUT2D eigenvalue weighted by Gasteiger charge is -2.21. The summed E-state index contributed by atoms with van der Waals surface area (Å²) in [4.78, 5) is 27.1. The Labute approximate surface area is 203 Å². The fourth-order valence-electron chi connectivity index (χ4n) is 3.17. The van der Waals surface area contributed by atoms with Crippen molar-refractivity contribution in [2.24, 2.45) is 0 Å². The summed E-state index contributed by atoms with van der Waals surface area (Å²) < 4.78 is 2.59. The van der Waals surface area contributed by atoms with Gasteiger partial charge >= 0.3 is 6.03 Å². The summed E-state index contributed by atoms with van der Waals surface area (Å²) in [5.74, 6) is 0.271. The summed E-state index contributed by atoms with van der Waals surface area (Å²) in [6.45, 7) is 10.4. The normalized spacial score (nSPS) is 11.2. The number of hydrogen-bond acceptors (Lipinski definition) is 3. The van der Waals surface area contributed by atoms with Gasteiger partial charge in [-0.2, -0.15) is 5.10 Å². The minimum atomic E-state index is -0.340. The highest BCUT2D eigenvalue weighted by Gasteiger charge is 2.23. The Kier molecular flexibility index (Phi) is 7.58.